The van der Waals surface area contributed by atoms with Crippen LogP contribution >= 0.6 is 0 Å². The van der Waals surface area contributed by atoms with Crippen LogP contribution in [0.3, 0.4) is 0 Å². The predicted octanol–water partition coefficient (Wildman–Crippen LogP) is 4.06. The maximum Gasteiger partial charge on any atom is 0.255 e. The number of hydrogen-bond donors (Lipinski definition) is 1. The molecule has 0 aliphatic carbocycles. The number of rotatable bonds is 4. The first-order valence-corrected chi connectivity index (χ1v) is 8.08. The van der Waals surface area contributed by atoms with E-state index in [1.807, 2.05) is 55.8 Å². The first-order valence-electron chi connectivity index (χ1n) is 8.08. The minimum Gasteiger partial charge on any atom is -0.497 e. The van der Waals surface area contributed by atoms with E-state index in [1.165, 1.54) is 5.56 Å². The normalized spacial score (nSPS) is 10.6. The number of ether oxygens (including phenoxy) is 1. The van der Waals surface area contributed by atoms with Crippen LogP contribution in [0.5, 0.6) is 5.75 Å². The highest BCUT2D eigenvalue weighted by molar-refractivity contribution is 6.05. The molecule has 0 aliphatic heterocycles. The van der Waals surface area contributed by atoms with Gasteiger partial charge in [-0.3, -0.25) is 4.79 Å². The molecule has 1 amide bonds. The Hall–Kier alpha value is -3.08. The molecule has 2 aromatic carbocycles. The van der Waals surface area contributed by atoms with Gasteiger partial charge in [0, 0.05) is 5.56 Å². The summed E-state index contributed by atoms with van der Waals surface area (Å²) >= 11 is 0. The van der Waals surface area contributed by atoms with Crippen molar-refractivity contribution in [1.82, 2.24) is 9.78 Å². The second-order valence-electron chi connectivity index (χ2n) is 5.98. The number of methoxy groups -OCH3 is 1. The summed E-state index contributed by atoms with van der Waals surface area (Å²) in [5, 5.41) is 7.54. The topological polar surface area (TPSA) is 56.1 Å². The fraction of sp³-hybridized carbons (Fsp3) is 0.200. The third kappa shape index (κ3) is 3.40. The standard InChI is InChI=1S/C20H21N3O2/c1-13-8-10-17(11-9-13)23-15(3)19(14(2)22-23)21-20(24)16-6-5-7-18(12-16)25-4/h5-12H,1-4H3,(H,21,24). The van der Waals surface area contributed by atoms with Gasteiger partial charge in [-0.05, 0) is 51.1 Å². The van der Waals surface area contributed by atoms with Gasteiger partial charge in [-0.25, -0.2) is 4.68 Å². The van der Waals surface area contributed by atoms with E-state index in [0.717, 1.165) is 22.8 Å². The molecule has 1 N–H and O–H groups in total. The van der Waals surface area contributed by atoms with Crippen LogP contribution in [-0.2, 0) is 0 Å². The largest absolute Gasteiger partial charge is 0.497 e. The van der Waals surface area contributed by atoms with E-state index in [-0.39, 0.29) is 5.91 Å². The average molecular weight is 335 g/mol. The molecule has 0 atom stereocenters. The lowest BCUT2D eigenvalue weighted by Gasteiger charge is -2.08. The van der Waals surface area contributed by atoms with Gasteiger partial charge < -0.3 is 10.1 Å². The van der Waals surface area contributed by atoms with Crippen molar-refractivity contribution in [3.8, 4) is 11.4 Å². The summed E-state index contributed by atoms with van der Waals surface area (Å²) in [6, 6.07) is 15.2. The monoisotopic (exact) mass is 335 g/mol. The molecule has 1 aromatic heterocycles. The lowest BCUT2D eigenvalue weighted by molar-refractivity contribution is 0.102. The summed E-state index contributed by atoms with van der Waals surface area (Å²) in [5.74, 6) is 0.463. The van der Waals surface area contributed by atoms with Gasteiger partial charge in [0.05, 0.1) is 29.9 Å². The number of nitrogens with one attached hydrogen (secondary N) is 1. The number of benzene rings is 2. The van der Waals surface area contributed by atoms with Crippen LogP contribution < -0.4 is 10.1 Å². The van der Waals surface area contributed by atoms with Crippen LogP contribution in [0, 0.1) is 20.8 Å². The van der Waals surface area contributed by atoms with E-state index in [1.54, 1.807) is 25.3 Å². The van der Waals surface area contributed by atoms with Gasteiger partial charge in [0.1, 0.15) is 5.75 Å². The molecule has 128 valence electrons. The molecule has 0 bridgehead atoms. The first kappa shape index (κ1) is 16.8. The quantitative estimate of drug-likeness (QED) is 0.782. The van der Waals surface area contributed by atoms with Gasteiger partial charge in [-0.2, -0.15) is 5.10 Å². The molecule has 0 aliphatic rings. The molecule has 3 aromatic rings. The second kappa shape index (κ2) is 6.81. The molecular weight excluding hydrogens is 314 g/mol. The van der Waals surface area contributed by atoms with Crippen LogP contribution in [-0.4, -0.2) is 22.8 Å². The number of hydrogen-bond acceptors (Lipinski definition) is 3. The highest BCUT2D eigenvalue weighted by Crippen LogP contribution is 2.24. The van der Waals surface area contributed by atoms with Crippen molar-refractivity contribution in [2.24, 2.45) is 0 Å². The minimum atomic E-state index is -0.187. The fourth-order valence-corrected chi connectivity index (χ4v) is 2.71. The average Bonchev–Trinajstić information content (AvgIpc) is 2.90. The Morgan fingerprint density at radius 3 is 2.48 bits per heavy atom. The number of amides is 1. The van der Waals surface area contributed by atoms with Crippen LogP contribution in [0.4, 0.5) is 5.69 Å². The maximum absolute atomic E-state index is 12.6. The Bertz CT molecular complexity index is 911. The minimum absolute atomic E-state index is 0.187. The van der Waals surface area contributed by atoms with Crippen LogP contribution in [0.15, 0.2) is 48.5 Å². The number of anilines is 1. The Morgan fingerprint density at radius 2 is 1.80 bits per heavy atom. The Balaban J connectivity index is 1.90. The predicted molar refractivity (Wildman–Crippen MR) is 98.7 cm³/mol. The lowest BCUT2D eigenvalue weighted by atomic mass is 10.2. The van der Waals surface area contributed by atoms with E-state index < -0.39 is 0 Å². The van der Waals surface area contributed by atoms with Crippen molar-refractivity contribution in [3.63, 3.8) is 0 Å². The van der Waals surface area contributed by atoms with Crippen molar-refractivity contribution >= 4 is 11.6 Å². The Morgan fingerprint density at radius 1 is 1.08 bits per heavy atom. The Labute approximate surface area is 147 Å². The molecule has 25 heavy (non-hydrogen) atoms. The zero-order valence-corrected chi connectivity index (χ0v) is 14.8. The van der Waals surface area contributed by atoms with Gasteiger partial charge in [-0.15, -0.1) is 0 Å². The molecule has 0 fully saturated rings. The molecule has 0 spiro atoms. The molecule has 3 rings (SSSR count). The van der Waals surface area contributed by atoms with Crippen LogP contribution in [0.25, 0.3) is 5.69 Å². The van der Waals surface area contributed by atoms with Crippen molar-refractivity contribution in [1.29, 1.82) is 0 Å². The fourth-order valence-electron chi connectivity index (χ4n) is 2.71. The van der Waals surface area contributed by atoms with Gasteiger partial charge >= 0.3 is 0 Å². The molecule has 0 radical (unpaired) electrons. The summed E-state index contributed by atoms with van der Waals surface area (Å²) in [7, 11) is 1.58. The van der Waals surface area contributed by atoms with Crippen molar-refractivity contribution in [2.45, 2.75) is 20.8 Å². The molecule has 0 unspecified atom stereocenters. The number of aryl methyl sites for hydroxylation is 2. The molecule has 1 heterocycles. The molecular formula is C20H21N3O2. The van der Waals surface area contributed by atoms with Gasteiger partial charge in [0.15, 0.2) is 0 Å². The third-order valence-electron chi connectivity index (χ3n) is 4.14. The number of carbonyl (C=O) groups excluding carboxylic acids is 1. The highest BCUT2D eigenvalue weighted by Gasteiger charge is 2.16. The van der Waals surface area contributed by atoms with Crippen molar-refractivity contribution in [3.05, 3.63) is 71.0 Å². The highest BCUT2D eigenvalue weighted by atomic mass is 16.5. The van der Waals surface area contributed by atoms with Crippen LogP contribution in [0.1, 0.15) is 27.3 Å². The molecule has 0 saturated carbocycles. The molecule has 5 heteroatoms. The van der Waals surface area contributed by atoms with Gasteiger partial charge in [-0.1, -0.05) is 23.8 Å². The van der Waals surface area contributed by atoms with E-state index in [0.29, 0.717) is 11.3 Å². The third-order valence-corrected chi connectivity index (χ3v) is 4.14. The van der Waals surface area contributed by atoms with Crippen LogP contribution in [0.2, 0.25) is 0 Å². The van der Waals surface area contributed by atoms with Gasteiger partial charge in [0.2, 0.25) is 0 Å². The Kier molecular flexibility index (Phi) is 4.57. The second-order valence-corrected chi connectivity index (χ2v) is 5.98. The zero-order chi connectivity index (χ0) is 18.0. The SMILES string of the molecule is COc1cccc(C(=O)Nc2c(C)nn(-c3ccc(C)cc3)c2C)c1. The van der Waals surface area contributed by atoms with E-state index in [4.69, 9.17) is 4.74 Å². The number of nitrogens with zero attached hydrogens (tertiary/aromatic N) is 2. The van der Waals surface area contributed by atoms with Crippen molar-refractivity contribution in [2.75, 3.05) is 12.4 Å². The number of aromatic nitrogens is 2. The summed E-state index contributed by atoms with van der Waals surface area (Å²) < 4.78 is 7.02. The van der Waals surface area contributed by atoms with Gasteiger partial charge in [0.25, 0.3) is 5.91 Å². The van der Waals surface area contributed by atoms with E-state index >= 15 is 0 Å². The smallest absolute Gasteiger partial charge is 0.255 e. The molecule has 5 nitrogen and oxygen atoms in total. The molecule has 0 saturated heterocycles. The maximum atomic E-state index is 12.6. The zero-order valence-electron chi connectivity index (χ0n) is 14.8. The van der Waals surface area contributed by atoms with E-state index in [2.05, 4.69) is 10.4 Å². The lowest BCUT2D eigenvalue weighted by Crippen LogP contribution is -2.13. The first-order chi connectivity index (χ1) is 12.0. The summed E-state index contributed by atoms with van der Waals surface area (Å²) in [5.41, 5.74) is 5.09. The van der Waals surface area contributed by atoms with Crippen molar-refractivity contribution < 1.29 is 9.53 Å². The van der Waals surface area contributed by atoms with E-state index in [9.17, 15) is 4.79 Å². The summed E-state index contributed by atoms with van der Waals surface area (Å²) in [4.78, 5) is 12.6. The summed E-state index contributed by atoms with van der Waals surface area (Å²) in [6.45, 7) is 5.88. The summed E-state index contributed by atoms with van der Waals surface area (Å²) in [6.07, 6.45) is 0. The number of carbonyl (C=O) groups is 1.